The van der Waals surface area contributed by atoms with Gasteiger partial charge in [0.05, 0.1) is 18.3 Å². The second-order valence-electron chi connectivity index (χ2n) is 6.76. The summed E-state index contributed by atoms with van der Waals surface area (Å²) >= 11 is 0. The van der Waals surface area contributed by atoms with Crippen molar-refractivity contribution in [2.24, 2.45) is 0 Å². The largest absolute Gasteiger partial charge is 0.342 e. The summed E-state index contributed by atoms with van der Waals surface area (Å²) in [5.74, 6) is -0.184. The summed E-state index contributed by atoms with van der Waals surface area (Å²) in [6.45, 7) is 2.67. The van der Waals surface area contributed by atoms with E-state index in [1.165, 1.54) is 0 Å². The van der Waals surface area contributed by atoms with Crippen molar-refractivity contribution in [3.8, 4) is 0 Å². The molecule has 0 spiro atoms. The summed E-state index contributed by atoms with van der Waals surface area (Å²) in [5.41, 5.74) is 1.45. The Bertz CT molecular complexity index is 678. The first kappa shape index (κ1) is 17.6. The minimum Gasteiger partial charge on any atom is -0.342 e. The Morgan fingerprint density at radius 2 is 2.04 bits per heavy atom. The monoisotopic (exact) mass is 342 g/mol. The lowest BCUT2D eigenvalue weighted by Gasteiger charge is -2.22. The van der Waals surface area contributed by atoms with Crippen LogP contribution in [0.2, 0.25) is 0 Å². The third kappa shape index (κ3) is 4.64. The minimum absolute atomic E-state index is 0.0901. The highest BCUT2D eigenvalue weighted by Gasteiger charge is 2.21. The summed E-state index contributed by atoms with van der Waals surface area (Å²) < 4.78 is 1.83. The van der Waals surface area contributed by atoms with Crippen LogP contribution in [0.4, 0.5) is 0 Å². The molecule has 7 heteroatoms. The smallest absolute Gasteiger partial charge is 0.273 e. The number of nitrogens with zero attached hydrogens (tertiary/aromatic N) is 4. The van der Waals surface area contributed by atoms with Gasteiger partial charge >= 0.3 is 0 Å². The fourth-order valence-electron chi connectivity index (χ4n) is 3.15. The number of likely N-dealkylation sites (N-methyl/N-ethyl adjacent to an activating group) is 1. The van der Waals surface area contributed by atoms with Gasteiger partial charge in [-0.25, -0.2) is 4.68 Å². The molecule has 2 heterocycles. The Hall–Kier alpha value is -2.25. The summed E-state index contributed by atoms with van der Waals surface area (Å²) in [6, 6.07) is 10.2. The molecule has 1 fully saturated rings. The molecule has 2 aromatic rings. The highest BCUT2D eigenvalue weighted by molar-refractivity contribution is 5.92. The van der Waals surface area contributed by atoms with Crippen molar-refractivity contribution in [1.82, 2.24) is 30.5 Å². The Labute approximate surface area is 148 Å². The molecule has 1 aromatic heterocycles. The Morgan fingerprint density at radius 1 is 1.32 bits per heavy atom. The topological polar surface area (TPSA) is 75.1 Å². The average molecular weight is 342 g/mol. The number of nitrogens with one attached hydrogen (secondary N) is 2. The van der Waals surface area contributed by atoms with E-state index >= 15 is 0 Å². The summed E-state index contributed by atoms with van der Waals surface area (Å²) in [7, 11) is 3.99. The van der Waals surface area contributed by atoms with Gasteiger partial charge in [0, 0.05) is 6.54 Å². The first-order chi connectivity index (χ1) is 12.1. The molecule has 1 amide bonds. The molecule has 0 aliphatic carbocycles. The predicted octanol–water partition coefficient (Wildman–Crippen LogP) is 1.24. The molecule has 25 heavy (non-hydrogen) atoms. The lowest BCUT2D eigenvalue weighted by molar-refractivity contribution is 0.0924. The van der Waals surface area contributed by atoms with E-state index in [-0.39, 0.29) is 11.9 Å². The van der Waals surface area contributed by atoms with Crippen molar-refractivity contribution in [2.45, 2.75) is 24.9 Å². The van der Waals surface area contributed by atoms with E-state index in [0.29, 0.717) is 11.7 Å². The third-order valence-electron chi connectivity index (χ3n) is 4.48. The van der Waals surface area contributed by atoms with E-state index in [9.17, 15) is 4.79 Å². The minimum atomic E-state index is -0.184. The van der Waals surface area contributed by atoms with Crippen molar-refractivity contribution in [3.63, 3.8) is 0 Å². The van der Waals surface area contributed by atoms with Crippen LogP contribution in [0.3, 0.4) is 0 Å². The average Bonchev–Trinajstić information content (AvgIpc) is 3.12. The van der Waals surface area contributed by atoms with Crippen molar-refractivity contribution < 1.29 is 4.79 Å². The molecule has 1 aromatic carbocycles. The number of rotatable bonds is 6. The molecule has 1 aliphatic heterocycles. The maximum Gasteiger partial charge on any atom is 0.273 e. The van der Waals surface area contributed by atoms with Gasteiger partial charge in [-0.3, -0.25) is 4.79 Å². The van der Waals surface area contributed by atoms with E-state index in [0.717, 1.165) is 38.0 Å². The van der Waals surface area contributed by atoms with E-state index in [1.807, 2.05) is 49.1 Å². The van der Waals surface area contributed by atoms with Gasteiger partial charge in [0.25, 0.3) is 5.91 Å². The molecular weight excluding hydrogens is 316 g/mol. The second-order valence-corrected chi connectivity index (χ2v) is 6.76. The SMILES string of the molecule is CN(C)C[C@H](NC(=O)c1cn(C2CCNCC2)nn1)c1ccccc1. The number of amides is 1. The van der Waals surface area contributed by atoms with Gasteiger partial charge < -0.3 is 15.5 Å². The van der Waals surface area contributed by atoms with Gasteiger partial charge in [0.15, 0.2) is 5.69 Å². The van der Waals surface area contributed by atoms with Gasteiger partial charge in [0.1, 0.15) is 0 Å². The number of carbonyl (C=O) groups excluding carboxylic acids is 1. The maximum atomic E-state index is 12.6. The number of hydrogen-bond donors (Lipinski definition) is 2. The number of benzene rings is 1. The molecule has 1 aliphatic rings. The Kier molecular flexibility index (Phi) is 5.78. The highest BCUT2D eigenvalue weighted by atomic mass is 16.2. The van der Waals surface area contributed by atoms with Crippen molar-refractivity contribution >= 4 is 5.91 Å². The number of piperidine rings is 1. The van der Waals surface area contributed by atoms with E-state index in [1.54, 1.807) is 6.20 Å². The molecule has 1 atom stereocenters. The first-order valence-electron chi connectivity index (χ1n) is 8.76. The Balaban J connectivity index is 1.69. The van der Waals surface area contributed by atoms with Crippen LogP contribution in [0.5, 0.6) is 0 Å². The summed E-state index contributed by atoms with van der Waals surface area (Å²) in [5, 5.41) is 14.7. The van der Waals surface area contributed by atoms with Gasteiger partial charge in [-0.05, 0) is 45.6 Å². The molecule has 0 bridgehead atoms. The number of aromatic nitrogens is 3. The quantitative estimate of drug-likeness (QED) is 0.826. The molecule has 7 nitrogen and oxygen atoms in total. The molecule has 0 radical (unpaired) electrons. The van der Waals surface area contributed by atoms with Gasteiger partial charge in [-0.15, -0.1) is 5.10 Å². The van der Waals surface area contributed by atoms with Gasteiger partial charge in [-0.2, -0.15) is 0 Å². The first-order valence-corrected chi connectivity index (χ1v) is 8.76. The standard InChI is InChI=1S/C18H26N6O/c1-23(2)12-16(14-6-4-3-5-7-14)20-18(25)17-13-24(22-21-17)15-8-10-19-11-9-15/h3-7,13,15-16,19H,8-12H2,1-2H3,(H,20,25)/t16-/m0/s1. The van der Waals surface area contributed by atoms with Gasteiger partial charge in [0.2, 0.25) is 0 Å². The maximum absolute atomic E-state index is 12.6. The second kappa shape index (κ2) is 8.22. The lowest BCUT2D eigenvalue weighted by Crippen LogP contribution is -2.35. The fourth-order valence-corrected chi connectivity index (χ4v) is 3.15. The zero-order valence-electron chi connectivity index (χ0n) is 14.9. The molecule has 2 N–H and O–H groups in total. The Morgan fingerprint density at radius 3 is 2.72 bits per heavy atom. The normalized spacial score (nSPS) is 16.8. The van der Waals surface area contributed by atoms with E-state index < -0.39 is 0 Å². The third-order valence-corrected chi connectivity index (χ3v) is 4.48. The summed E-state index contributed by atoms with van der Waals surface area (Å²) in [6.07, 6.45) is 3.79. The van der Waals surface area contributed by atoms with Crippen LogP contribution in [0, 0.1) is 0 Å². The van der Waals surface area contributed by atoms with Crippen LogP contribution in [-0.2, 0) is 0 Å². The summed E-state index contributed by atoms with van der Waals surface area (Å²) in [4.78, 5) is 14.7. The molecule has 0 saturated carbocycles. The lowest BCUT2D eigenvalue weighted by atomic mass is 10.1. The van der Waals surface area contributed by atoms with Crippen LogP contribution in [0.25, 0.3) is 0 Å². The highest BCUT2D eigenvalue weighted by Crippen LogP contribution is 2.18. The van der Waals surface area contributed by atoms with Crippen LogP contribution in [0.15, 0.2) is 36.5 Å². The van der Waals surface area contributed by atoms with Crippen molar-refractivity contribution in [1.29, 1.82) is 0 Å². The predicted molar refractivity (Wildman–Crippen MR) is 96.4 cm³/mol. The molecule has 1 saturated heterocycles. The molecule has 3 rings (SSSR count). The van der Waals surface area contributed by atoms with Crippen LogP contribution < -0.4 is 10.6 Å². The van der Waals surface area contributed by atoms with Gasteiger partial charge in [-0.1, -0.05) is 35.5 Å². The fraction of sp³-hybridized carbons (Fsp3) is 0.500. The number of carbonyl (C=O) groups is 1. The zero-order valence-corrected chi connectivity index (χ0v) is 14.9. The van der Waals surface area contributed by atoms with E-state index in [4.69, 9.17) is 0 Å². The van der Waals surface area contributed by atoms with Crippen LogP contribution in [0.1, 0.15) is 41.0 Å². The van der Waals surface area contributed by atoms with E-state index in [2.05, 4.69) is 25.8 Å². The zero-order chi connectivity index (χ0) is 17.6. The van der Waals surface area contributed by atoms with Crippen LogP contribution in [-0.4, -0.2) is 59.5 Å². The molecular formula is C18H26N6O. The van der Waals surface area contributed by atoms with Crippen molar-refractivity contribution in [3.05, 3.63) is 47.8 Å². The molecule has 134 valence electrons. The van der Waals surface area contributed by atoms with Crippen LogP contribution >= 0.6 is 0 Å². The molecule has 0 unspecified atom stereocenters. The van der Waals surface area contributed by atoms with Crippen molar-refractivity contribution in [2.75, 3.05) is 33.7 Å². The number of hydrogen-bond acceptors (Lipinski definition) is 5.